The number of hydrogen-bond acceptors (Lipinski definition) is 1. The highest BCUT2D eigenvalue weighted by molar-refractivity contribution is 4.83. The number of hydrogen-bond donors (Lipinski definition) is 1. The van der Waals surface area contributed by atoms with Crippen LogP contribution in [0.25, 0.3) is 0 Å². The zero-order chi connectivity index (χ0) is 15.5. The van der Waals surface area contributed by atoms with Crippen LogP contribution in [-0.4, -0.2) is 12.6 Å². The lowest BCUT2D eigenvalue weighted by molar-refractivity contribution is 0.165. The smallest absolute Gasteiger partial charge is 0.00953 e. The molecule has 1 rings (SSSR count). The quantitative estimate of drug-likeness (QED) is 0.449. The summed E-state index contributed by atoms with van der Waals surface area (Å²) in [5.41, 5.74) is 0. The summed E-state index contributed by atoms with van der Waals surface area (Å²) in [6.45, 7) is 10.6. The molecule has 1 aliphatic rings. The lowest BCUT2D eigenvalue weighted by atomic mass is 9.72. The first-order valence-electron chi connectivity index (χ1n) is 9.92. The summed E-state index contributed by atoms with van der Waals surface area (Å²) in [6, 6.07) is 0.792. The van der Waals surface area contributed by atoms with Crippen molar-refractivity contribution in [1.29, 1.82) is 0 Å². The molecule has 0 radical (unpaired) electrons. The fraction of sp³-hybridized carbons (Fsp3) is 1.00. The molecule has 0 amide bonds. The Labute approximate surface area is 134 Å². The van der Waals surface area contributed by atoms with Gasteiger partial charge in [-0.15, -0.1) is 0 Å². The van der Waals surface area contributed by atoms with Gasteiger partial charge in [0.1, 0.15) is 0 Å². The molecule has 0 aromatic carbocycles. The second kappa shape index (κ2) is 11.5. The van der Waals surface area contributed by atoms with Crippen molar-refractivity contribution >= 4 is 0 Å². The fourth-order valence-electron chi connectivity index (χ4n) is 4.04. The average molecular weight is 296 g/mol. The van der Waals surface area contributed by atoms with E-state index < -0.39 is 0 Å². The van der Waals surface area contributed by atoms with E-state index in [1.807, 2.05) is 0 Å². The zero-order valence-electron chi connectivity index (χ0n) is 15.3. The Morgan fingerprint density at radius 2 is 1.52 bits per heavy atom. The summed E-state index contributed by atoms with van der Waals surface area (Å²) >= 11 is 0. The van der Waals surface area contributed by atoms with Crippen molar-refractivity contribution in [3.63, 3.8) is 0 Å². The van der Waals surface area contributed by atoms with Gasteiger partial charge in [0.05, 0.1) is 0 Å². The first-order valence-corrected chi connectivity index (χ1v) is 9.92. The molecule has 126 valence electrons. The Hall–Kier alpha value is -0.0400. The average Bonchev–Trinajstić information content (AvgIpc) is 2.48. The van der Waals surface area contributed by atoms with E-state index >= 15 is 0 Å². The molecule has 0 spiro atoms. The summed E-state index contributed by atoms with van der Waals surface area (Å²) in [5.74, 6) is 2.82. The van der Waals surface area contributed by atoms with Gasteiger partial charge in [-0.2, -0.15) is 0 Å². The summed E-state index contributed by atoms with van der Waals surface area (Å²) < 4.78 is 0. The van der Waals surface area contributed by atoms with Gasteiger partial charge in [0, 0.05) is 6.04 Å². The molecule has 0 aromatic heterocycles. The van der Waals surface area contributed by atoms with E-state index in [4.69, 9.17) is 0 Å². The van der Waals surface area contributed by atoms with Crippen LogP contribution in [0.3, 0.4) is 0 Å². The van der Waals surface area contributed by atoms with Crippen LogP contribution < -0.4 is 5.32 Å². The molecule has 1 aliphatic carbocycles. The summed E-state index contributed by atoms with van der Waals surface area (Å²) in [7, 11) is 0. The molecular formula is C20H41N. The van der Waals surface area contributed by atoms with E-state index in [2.05, 4.69) is 33.0 Å². The van der Waals surface area contributed by atoms with E-state index in [1.165, 1.54) is 70.6 Å². The Kier molecular flexibility index (Phi) is 10.4. The van der Waals surface area contributed by atoms with Crippen LogP contribution in [0.1, 0.15) is 98.3 Å². The standard InChI is InChI=1S/C20H41N/c1-5-7-8-9-10-11-12-13-20(21-6-2)19-15-14-17(3)18(4)16-19/h17-21H,5-16H2,1-4H3. The van der Waals surface area contributed by atoms with Gasteiger partial charge in [0.25, 0.3) is 0 Å². The molecule has 0 saturated heterocycles. The van der Waals surface area contributed by atoms with Crippen molar-refractivity contribution in [3.8, 4) is 0 Å². The van der Waals surface area contributed by atoms with Gasteiger partial charge in [0.15, 0.2) is 0 Å². The molecule has 1 fully saturated rings. The van der Waals surface area contributed by atoms with Crippen molar-refractivity contribution < 1.29 is 0 Å². The van der Waals surface area contributed by atoms with Crippen LogP contribution in [0.2, 0.25) is 0 Å². The number of rotatable bonds is 11. The molecule has 1 heteroatoms. The fourth-order valence-corrected chi connectivity index (χ4v) is 4.04. The molecule has 1 N–H and O–H groups in total. The minimum Gasteiger partial charge on any atom is -0.314 e. The second-order valence-electron chi connectivity index (χ2n) is 7.60. The SMILES string of the molecule is CCCCCCCCCC(NCC)C1CCC(C)C(C)C1. The maximum atomic E-state index is 3.80. The van der Waals surface area contributed by atoms with Crippen molar-refractivity contribution in [2.45, 2.75) is 104 Å². The molecule has 1 saturated carbocycles. The van der Waals surface area contributed by atoms with Crippen LogP contribution in [0.15, 0.2) is 0 Å². The van der Waals surface area contributed by atoms with Gasteiger partial charge in [-0.3, -0.25) is 0 Å². The van der Waals surface area contributed by atoms with Crippen molar-refractivity contribution in [2.24, 2.45) is 17.8 Å². The maximum absolute atomic E-state index is 3.80. The Balaban J connectivity index is 2.20. The van der Waals surface area contributed by atoms with Crippen molar-refractivity contribution in [1.82, 2.24) is 5.32 Å². The second-order valence-corrected chi connectivity index (χ2v) is 7.60. The van der Waals surface area contributed by atoms with E-state index in [1.54, 1.807) is 0 Å². The third-order valence-electron chi connectivity index (χ3n) is 5.79. The Morgan fingerprint density at radius 1 is 0.857 bits per heavy atom. The number of unbranched alkanes of at least 4 members (excludes halogenated alkanes) is 6. The monoisotopic (exact) mass is 295 g/mol. The molecule has 0 aromatic rings. The zero-order valence-corrected chi connectivity index (χ0v) is 15.3. The van der Waals surface area contributed by atoms with Gasteiger partial charge in [-0.1, -0.05) is 79.1 Å². The molecule has 4 unspecified atom stereocenters. The van der Waals surface area contributed by atoms with Crippen molar-refractivity contribution in [3.05, 3.63) is 0 Å². The molecule has 0 aliphatic heterocycles. The van der Waals surface area contributed by atoms with Crippen LogP contribution in [0.5, 0.6) is 0 Å². The summed E-state index contributed by atoms with van der Waals surface area (Å²) in [5, 5.41) is 3.80. The van der Waals surface area contributed by atoms with E-state index in [9.17, 15) is 0 Å². The van der Waals surface area contributed by atoms with Crippen LogP contribution in [0, 0.1) is 17.8 Å². The number of nitrogens with one attached hydrogen (secondary N) is 1. The highest BCUT2D eigenvalue weighted by Crippen LogP contribution is 2.36. The molecule has 1 nitrogen and oxygen atoms in total. The van der Waals surface area contributed by atoms with Crippen LogP contribution in [-0.2, 0) is 0 Å². The van der Waals surface area contributed by atoms with Gasteiger partial charge in [-0.25, -0.2) is 0 Å². The maximum Gasteiger partial charge on any atom is 0.00953 e. The Morgan fingerprint density at radius 3 is 2.14 bits per heavy atom. The van der Waals surface area contributed by atoms with Crippen molar-refractivity contribution in [2.75, 3.05) is 6.54 Å². The molecule has 0 heterocycles. The topological polar surface area (TPSA) is 12.0 Å². The van der Waals surface area contributed by atoms with E-state index in [0.29, 0.717) is 0 Å². The predicted molar refractivity (Wildman–Crippen MR) is 95.7 cm³/mol. The van der Waals surface area contributed by atoms with Gasteiger partial charge < -0.3 is 5.32 Å². The van der Waals surface area contributed by atoms with Crippen LogP contribution >= 0.6 is 0 Å². The third-order valence-corrected chi connectivity index (χ3v) is 5.79. The van der Waals surface area contributed by atoms with E-state index in [-0.39, 0.29) is 0 Å². The highest BCUT2D eigenvalue weighted by Gasteiger charge is 2.29. The molecule has 0 bridgehead atoms. The molecule has 21 heavy (non-hydrogen) atoms. The minimum absolute atomic E-state index is 0.792. The van der Waals surface area contributed by atoms with E-state index in [0.717, 1.165) is 30.3 Å². The molecule has 4 atom stereocenters. The minimum atomic E-state index is 0.792. The normalized spacial score (nSPS) is 27.7. The lowest BCUT2D eigenvalue weighted by Crippen LogP contribution is -2.39. The highest BCUT2D eigenvalue weighted by atomic mass is 14.9. The first-order chi connectivity index (χ1) is 10.2. The van der Waals surface area contributed by atoms with Gasteiger partial charge in [-0.05, 0) is 43.6 Å². The van der Waals surface area contributed by atoms with Gasteiger partial charge in [0.2, 0.25) is 0 Å². The first kappa shape index (κ1) is 19.0. The summed E-state index contributed by atoms with van der Waals surface area (Å²) in [6.07, 6.45) is 15.8. The van der Waals surface area contributed by atoms with Crippen LogP contribution in [0.4, 0.5) is 0 Å². The largest absolute Gasteiger partial charge is 0.314 e. The summed E-state index contributed by atoms with van der Waals surface area (Å²) in [4.78, 5) is 0. The predicted octanol–water partition coefficient (Wildman–Crippen LogP) is 6.18. The Bertz CT molecular complexity index is 238. The lowest BCUT2D eigenvalue weighted by Gasteiger charge is -2.37. The molecular weight excluding hydrogens is 254 g/mol. The third kappa shape index (κ3) is 7.68. The van der Waals surface area contributed by atoms with Gasteiger partial charge >= 0.3 is 0 Å².